The molecular weight excluding hydrogens is 172 g/mol. The van der Waals surface area contributed by atoms with E-state index in [0.717, 1.165) is 19.6 Å². The minimum Gasteiger partial charge on any atom is -0.483 e. The van der Waals surface area contributed by atoms with Gasteiger partial charge in [0.25, 0.3) is 6.47 Å². The topological polar surface area (TPSA) is 64.0 Å². The molecule has 13 heavy (non-hydrogen) atoms. The van der Waals surface area contributed by atoms with Crippen LogP contribution in [0.2, 0.25) is 0 Å². The molecule has 0 aliphatic heterocycles. The lowest BCUT2D eigenvalue weighted by atomic mass is 10.5. The molecule has 0 saturated heterocycles. The lowest BCUT2D eigenvalue weighted by molar-refractivity contribution is -0.122. The third kappa shape index (κ3) is 18.4. The van der Waals surface area contributed by atoms with Crippen molar-refractivity contribution in [1.82, 2.24) is 9.80 Å². The third-order valence-electron chi connectivity index (χ3n) is 1.41. The van der Waals surface area contributed by atoms with Gasteiger partial charge in [0.1, 0.15) is 0 Å². The minimum atomic E-state index is -0.250. The van der Waals surface area contributed by atoms with Crippen LogP contribution < -0.4 is 0 Å². The van der Waals surface area contributed by atoms with E-state index in [1.165, 1.54) is 0 Å². The second kappa shape index (κ2) is 11.4. The van der Waals surface area contributed by atoms with E-state index in [2.05, 4.69) is 9.80 Å². The molecule has 0 saturated carbocycles. The number of carboxylic acid groups (broad SMARTS) is 1. The van der Waals surface area contributed by atoms with Crippen molar-refractivity contribution in [1.29, 1.82) is 0 Å². The normalized spacial score (nSPS) is 9.69. The summed E-state index contributed by atoms with van der Waals surface area (Å²) in [6.07, 6.45) is 0. The first-order chi connectivity index (χ1) is 6.08. The Morgan fingerprint density at radius 2 is 1.62 bits per heavy atom. The van der Waals surface area contributed by atoms with Crippen molar-refractivity contribution < 1.29 is 15.0 Å². The molecule has 0 aliphatic carbocycles. The van der Waals surface area contributed by atoms with Crippen LogP contribution in [0.5, 0.6) is 0 Å². The summed E-state index contributed by atoms with van der Waals surface area (Å²) in [6.45, 7) is 2.85. The molecule has 5 nitrogen and oxygen atoms in total. The number of aliphatic hydroxyl groups excluding tert-OH is 1. The first-order valence-corrected chi connectivity index (χ1v) is 4.10. The van der Waals surface area contributed by atoms with Gasteiger partial charge in [-0.05, 0) is 21.1 Å². The van der Waals surface area contributed by atoms with Gasteiger partial charge in [0.2, 0.25) is 0 Å². The molecule has 0 aromatic heterocycles. The summed E-state index contributed by atoms with van der Waals surface area (Å²) >= 11 is 0. The molecule has 5 heteroatoms. The van der Waals surface area contributed by atoms with E-state index < -0.39 is 0 Å². The molecule has 0 heterocycles. The molecule has 0 aromatic rings. The van der Waals surface area contributed by atoms with Crippen molar-refractivity contribution in [2.45, 2.75) is 0 Å². The second-order valence-electron chi connectivity index (χ2n) is 2.94. The molecule has 0 radical (unpaired) electrons. The molecule has 2 N–H and O–H groups in total. The number of aliphatic hydroxyl groups is 1. The standard InChI is InChI=1S/C7H18N2O.CH2O2/c1-8(2)4-5-9(3)6-7-10;2-1-3/h10H,4-7H2,1-3H3;1H,(H,2,3). The minimum absolute atomic E-state index is 0.250. The maximum absolute atomic E-state index is 8.55. The Hall–Kier alpha value is -0.650. The molecule has 0 aromatic carbocycles. The number of likely N-dealkylation sites (N-methyl/N-ethyl adjacent to an activating group) is 2. The summed E-state index contributed by atoms with van der Waals surface area (Å²) in [5.41, 5.74) is 0. The predicted molar refractivity (Wildman–Crippen MR) is 51.8 cm³/mol. The van der Waals surface area contributed by atoms with Crippen molar-refractivity contribution >= 4 is 6.47 Å². The van der Waals surface area contributed by atoms with Gasteiger partial charge in [0.15, 0.2) is 0 Å². The Balaban J connectivity index is 0. The Morgan fingerprint density at radius 3 is 1.92 bits per heavy atom. The average molecular weight is 192 g/mol. The highest BCUT2D eigenvalue weighted by molar-refractivity contribution is 5.32. The van der Waals surface area contributed by atoms with Gasteiger partial charge in [0, 0.05) is 19.6 Å². The van der Waals surface area contributed by atoms with Gasteiger partial charge in [-0.1, -0.05) is 0 Å². The van der Waals surface area contributed by atoms with Crippen LogP contribution in [0.3, 0.4) is 0 Å². The lowest BCUT2D eigenvalue weighted by Crippen LogP contribution is -2.30. The van der Waals surface area contributed by atoms with Crippen LogP contribution in [-0.4, -0.2) is 73.9 Å². The fourth-order valence-corrected chi connectivity index (χ4v) is 0.653. The zero-order chi connectivity index (χ0) is 10.7. The van der Waals surface area contributed by atoms with Crippen LogP contribution in [0.1, 0.15) is 0 Å². The smallest absolute Gasteiger partial charge is 0.290 e. The predicted octanol–water partition coefficient (Wildman–Crippen LogP) is -0.827. The SMILES string of the molecule is CN(C)CCN(C)CCO.O=CO. The van der Waals surface area contributed by atoms with E-state index in [-0.39, 0.29) is 13.1 Å². The Morgan fingerprint density at radius 1 is 1.15 bits per heavy atom. The van der Waals surface area contributed by atoms with E-state index in [1.807, 2.05) is 21.1 Å². The first kappa shape index (κ1) is 14.9. The van der Waals surface area contributed by atoms with E-state index >= 15 is 0 Å². The van der Waals surface area contributed by atoms with Crippen LogP contribution >= 0.6 is 0 Å². The van der Waals surface area contributed by atoms with E-state index in [1.54, 1.807) is 0 Å². The summed E-state index contributed by atoms with van der Waals surface area (Å²) < 4.78 is 0. The average Bonchev–Trinajstić information content (AvgIpc) is 2.03. The maximum Gasteiger partial charge on any atom is 0.290 e. The highest BCUT2D eigenvalue weighted by Crippen LogP contribution is 1.81. The van der Waals surface area contributed by atoms with Gasteiger partial charge < -0.3 is 20.0 Å². The van der Waals surface area contributed by atoms with Crippen molar-refractivity contribution in [3.05, 3.63) is 0 Å². The van der Waals surface area contributed by atoms with E-state index in [0.29, 0.717) is 0 Å². The van der Waals surface area contributed by atoms with Crippen LogP contribution in [0, 0.1) is 0 Å². The molecule has 0 bridgehead atoms. The fourth-order valence-electron chi connectivity index (χ4n) is 0.653. The molecule has 0 atom stereocenters. The number of hydrogen-bond acceptors (Lipinski definition) is 4. The van der Waals surface area contributed by atoms with Crippen LogP contribution in [0.4, 0.5) is 0 Å². The zero-order valence-corrected chi connectivity index (χ0v) is 8.60. The molecule has 0 amide bonds. The van der Waals surface area contributed by atoms with Gasteiger partial charge in [-0.15, -0.1) is 0 Å². The molecule has 0 aliphatic rings. The number of carbonyl (C=O) groups is 1. The van der Waals surface area contributed by atoms with Crippen LogP contribution in [0.15, 0.2) is 0 Å². The highest BCUT2D eigenvalue weighted by Gasteiger charge is 1.96. The Kier molecular flexibility index (Phi) is 13.0. The summed E-state index contributed by atoms with van der Waals surface area (Å²) in [7, 11) is 6.11. The monoisotopic (exact) mass is 192 g/mol. The molecule has 0 fully saturated rings. The highest BCUT2D eigenvalue weighted by atomic mass is 16.3. The fraction of sp³-hybridized carbons (Fsp3) is 0.875. The van der Waals surface area contributed by atoms with Crippen LogP contribution in [0.25, 0.3) is 0 Å². The summed E-state index contributed by atoms with van der Waals surface area (Å²) in [5, 5.41) is 15.4. The second-order valence-corrected chi connectivity index (χ2v) is 2.94. The number of nitrogens with zero attached hydrogens (tertiary/aromatic N) is 2. The van der Waals surface area contributed by atoms with Crippen molar-refractivity contribution in [3.63, 3.8) is 0 Å². The van der Waals surface area contributed by atoms with Gasteiger partial charge >= 0.3 is 0 Å². The summed E-state index contributed by atoms with van der Waals surface area (Å²) in [4.78, 5) is 12.6. The molecular formula is C8H20N2O3. The molecule has 0 unspecified atom stereocenters. The van der Waals surface area contributed by atoms with Gasteiger partial charge in [-0.3, -0.25) is 4.79 Å². The van der Waals surface area contributed by atoms with Crippen molar-refractivity contribution in [2.24, 2.45) is 0 Å². The maximum atomic E-state index is 8.55. The van der Waals surface area contributed by atoms with Crippen molar-refractivity contribution in [2.75, 3.05) is 47.4 Å². The van der Waals surface area contributed by atoms with Gasteiger partial charge in [0.05, 0.1) is 6.61 Å². The van der Waals surface area contributed by atoms with Gasteiger partial charge in [-0.25, -0.2) is 0 Å². The number of rotatable bonds is 5. The zero-order valence-electron chi connectivity index (χ0n) is 8.60. The van der Waals surface area contributed by atoms with Gasteiger partial charge in [-0.2, -0.15) is 0 Å². The number of hydrogen-bond donors (Lipinski definition) is 2. The summed E-state index contributed by atoms with van der Waals surface area (Å²) in [5.74, 6) is 0. The summed E-state index contributed by atoms with van der Waals surface area (Å²) in [6, 6.07) is 0. The Labute approximate surface area is 79.6 Å². The van der Waals surface area contributed by atoms with E-state index in [4.69, 9.17) is 15.0 Å². The third-order valence-corrected chi connectivity index (χ3v) is 1.41. The molecule has 0 rings (SSSR count). The first-order valence-electron chi connectivity index (χ1n) is 4.10. The quantitative estimate of drug-likeness (QED) is 0.557. The lowest BCUT2D eigenvalue weighted by Gasteiger charge is -2.17. The molecule has 80 valence electrons. The molecule has 0 spiro atoms. The van der Waals surface area contributed by atoms with Crippen molar-refractivity contribution in [3.8, 4) is 0 Å². The largest absolute Gasteiger partial charge is 0.483 e. The Bertz CT molecular complexity index is 110. The van der Waals surface area contributed by atoms with E-state index in [9.17, 15) is 0 Å². The van der Waals surface area contributed by atoms with Crippen LogP contribution in [-0.2, 0) is 4.79 Å².